The Balaban J connectivity index is 2.39. The molecule has 1 aromatic carbocycles. The lowest BCUT2D eigenvalue weighted by Crippen LogP contribution is -3.07. The standard InChI is InChI=1S/C14H22N2O2/c1-15(2)13-8-6-12(7-9-13)11-16(3)10-4-5-14(17)18/h6-9H,4-5,10-11H2,1-3H3,(H,17,18). The maximum Gasteiger partial charge on any atom is 0.103 e. The third kappa shape index (κ3) is 5.19. The zero-order valence-electron chi connectivity index (χ0n) is 11.4. The summed E-state index contributed by atoms with van der Waals surface area (Å²) in [7, 11) is 6.12. The zero-order valence-corrected chi connectivity index (χ0v) is 11.4. The lowest BCUT2D eigenvalue weighted by atomic mass is 10.2. The Labute approximate surface area is 109 Å². The second kappa shape index (κ2) is 7.01. The van der Waals surface area contributed by atoms with E-state index in [4.69, 9.17) is 0 Å². The highest BCUT2D eigenvalue weighted by Gasteiger charge is 2.04. The number of quaternary nitrogens is 1. The van der Waals surface area contributed by atoms with Gasteiger partial charge in [-0.3, -0.25) is 0 Å². The molecule has 4 heteroatoms. The molecule has 0 fully saturated rings. The van der Waals surface area contributed by atoms with Crippen molar-refractivity contribution in [2.24, 2.45) is 0 Å². The van der Waals surface area contributed by atoms with Gasteiger partial charge in [0.15, 0.2) is 0 Å². The van der Waals surface area contributed by atoms with E-state index in [1.165, 1.54) is 16.2 Å². The van der Waals surface area contributed by atoms with Crippen molar-refractivity contribution in [3.05, 3.63) is 29.8 Å². The van der Waals surface area contributed by atoms with Crippen LogP contribution >= 0.6 is 0 Å². The number of carbonyl (C=O) groups is 1. The van der Waals surface area contributed by atoms with E-state index < -0.39 is 5.97 Å². The molecule has 0 amide bonds. The van der Waals surface area contributed by atoms with E-state index in [9.17, 15) is 9.90 Å². The molecule has 1 unspecified atom stereocenters. The van der Waals surface area contributed by atoms with Crippen LogP contribution in [0.3, 0.4) is 0 Å². The highest BCUT2D eigenvalue weighted by atomic mass is 16.4. The minimum absolute atomic E-state index is 0.150. The molecule has 0 aromatic heterocycles. The molecule has 0 radical (unpaired) electrons. The molecule has 0 saturated heterocycles. The van der Waals surface area contributed by atoms with Gasteiger partial charge in [0.05, 0.1) is 13.6 Å². The van der Waals surface area contributed by atoms with Crippen molar-refractivity contribution in [3.63, 3.8) is 0 Å². The molecule has 0 spiro atoms. The monoisotopic (exact) mass is 250 g/mol. The van der Waals surface area contributed by atoms with Crippen molar-refractivity contribution in [2.45, 2.75) is 19.4 Å². The second-order valence-corrected chi connectivity index (χ2v) is 4.92. The highest BCUT2D eigenvalue weighted by molar-refractivity contribution is 5.64. The van der Waals surface area contributed by atoms with Gasteiger partial charge < -0.3 is 19.7 Å². The topological polar surface area (TPSA) is 47.8 Å². The number of hydrogen-bond donors (Lipinski definition) is 1. The maximum absolute atomic E-state index is 10.3. The summed E-state index contributed by atoms with van der Waals surface area (Å²) in [5.74, 6) is -0.960. The van der Waals surface area contributed by atoms with Crippen molar-refractivity contribution in [1.82, 2.24) is 0 Å². The minimum Gasteiger partial charge on any atom is -0.550 e. The van der Waals surface area contributed by atoms with Crippen LogP contribution in [0.4, 0.5) is 5.69 Å². The van der Waals surface area contributed by atoms with Crippen LogP contribution in [0.15, 0.2) is 24.3 Å². The highest BCUT2D eigenvalue weighted by Crippen LogP contribution is 2.11. The average molecular weight is 250 g/mol. The van der Waals surface area contributed by atoms with Gasteiger partial charge in [0, 0.05) is 37.7 Å². The Bertz CT molecular complexity index is 374. The normalized spacial score (nSPS) is 12.2. The summed E-state index contributed by atoms with van der Waals surface area (Å²) in [5.41, 5.74) is 2.46. The number of carboxylic acid groups (broad SMARTS) is 1. The van der Waals surface area contributed by atoms with Crippen molar-refractivity contribution in [1.29, 1.82) is 0 Å². The zero-order chi connectivity index (χ0) is 13.5. The van der Waals surface area contributed by atoms with E-state index in [-0.39, 0.29) is 6.42 Å². The molecule has 1 atom stereocenters. The number of nitrogens with zero attached hydrogens (tertiary/aromatic N) is 1. The largest absolute Gasteiger partial charge is 0.550 e. The van der Waals surface area contributed by atoms with Gasteiger partial charge in [-0.25, -0.2) is 0 Å². The van der Waals surface area contributed by atoms with E-state index in [1.54, 1.807) is 0 Å². The predicted molar refractivity (Wildman–Crippen MR) is 70.5 cm³/mol. The molecule has 100 valence electrons. The fourth-order valence-electron chi connectivity index (χ4n) is 1.88. The van der Waals surface area contributed by atoms with Gasteiger partial charge in [0.25, 0.3) is 0 Å². The summed E-state index contributed by atoms with van der Waals surface area (Å²) in [6.45, 7) is 1.77. The fraction of sp³-hybridized carbons (Fsp3) is 0.500. The molecule has 1 N–H and O–H groups in total. The Morgan fingerprint density at radius 2 is 1.89 bits per heavy atom. The molecule has 0 aliphatic rings. The maximum atomic E-state index is 10.3. The Morgan fingerprint density at radius 1 is 1.28 bits per heavy atom. The molecule has 0 aliphatic heterocycles. The summed E-state index contributed by atoms with van der Waals surface area (Å²) in [5, 5.41) is 10.3. The number of benzene rings is 1. The van der Waals surface area contributed by atoms with Crippen LogP contribution in [0, 0.1) is 0 Å². The van der Waals surface area contributed by atoms with Gasteiger partial charge in [0.2, 0.25) is 0 Å². The van der Waals surface area contributed by atoms with E-state index >= 15 is 0 Å². The summed E-state index contributed by atoms with van der Waals surface area (Å²) in [4.78, 5) is 13.7. The number of carboxylic acids is 1. The lowest BCUT2D eigenvalue weighted by Gasteiger charge is -2.16. The second-order valence-electron chi connectivity index (χ2n) is 4.92. The van der Waals surface area contributed by atoms with Crippen LogP contribution in [0.25, 0.3) is 0 Å². The Morgan fingerprint density at radius 3 is 2.39 bits per heavy atom. The van der Waals surface area contributed by atoms with Gasteiger partial charge in [-0.15, -0.1) is 0 Å². The van der Waals surface area contributed by atoms with Crippen LogP contribution < -0.4 is 14.9 Å². The van der Waals surface area contributed by atoms with Gasteiger partial charge in [-0.05, 0) is 18.6 Å². The van der Waals surface area contributed by atoms with E-state index in [1.807, 2.05) is 14.1 Å². The average Bonchev–Trinajstić information content (AvgIpc) is 2.29. The fourth-order valence-corrected chi connectivity index (χ4v) is 1.88. The summed E-state index contributed by atoms with van der Waals surface area (Å²) >= 11 is 0. The molecule has 0 heterocycles. The summed E-state index contributed by atoms with van der Waals surface area (Å²) in [6.07, 6.45) is 0.820. The molecule has 0 saturated carbocycles. The number of carbonyl (C=O) groups excluding carboxylic acids is 1. The molecule has 1 rings (SSSR count). The molecule has 18 heavy (non-hydrogen) atoms. The quantitative estimate of drug-likeness (QED) is 0.696. The van der Waals surface area contributed by atoms with Crippen LogP contribution in [0.5, 0.6) is 0 Å². The van der Waals surface area contributed by atoms with Crippen LogP contribution in [-0.4, -0.2) is 33.7 Å². The van der Waals surface area contributed by atoms with Gasteiger partial charge in [-0.1, -0.05) is 12.1 Å². The lowest BCUT2D eigenvalue weighted by molar-refractivity contribution is -0.893. The first-order chi connectivity index (χ1) is 8.49. The third-order valence-corrected chi connectivity index (χ3v) is 2.94. The van der Waals surface area contributed by atoms with Crippen LogP contribution in [-0.2, 0) is 11.3 Å². The first-order valence-electron chi connectivity index (χ1n) is 6.26. The molecule has 0 aliphatic carbocycles. The first-order valence-corrected chi connectivity index (χ1v) is 6.26. The Hall–Kier alpha value is -1.55. The minimum atomic E-state index is -0.960. The number of rotatable bonds is 7. The number of hydrogen-bond acceptors (Lipinski definition) is 3. The third-order valence-electron chi connectivity index (χ3n) is 2.94. The molecule has 1 aromatic rings. The van der Waals surface area contributed by atoms with Crippen molar-refractivity contribution in [2.75, 3.05) is 32.6 Å². The van der Waals surface area contributed by atoms with Crippen molar-refractivity contribution in [3.8, 4) is 0 Å². The first kappa shape index (κ1) is 14.5. The molecule has 0 bridgehead atoms. The van der Waals surface area contributed by atoms with Gasteiger partial charge >= 0.3 is 0 Å². The van der Waals surface area contributed by atoms with E-state index in [0.717, 1.165) is 13.1 Å². The van der Waals surface area contributed by atoms with Crippen LogP contribution in [0.2, 0.25) is 0 Å². The molecule has 4 nitrogen and oxygen atoms in total. The Kier molecular flexibility index (Phi) is 5.65. The van der Waals surface area contributed by atoms with Crippen molar-refractivity contribution >= 4 is 11.7 Å². The van der Waals surface area contributed by atoms with Crippen LogP contribution in [0.1, 0.15) is 18.4 Å². The number of anilines is 1. The van der Waals surface area contributed by atoms with Crippen molar-refractivity contribution < 1.29 is 14.8 Å². The van der Waals surface area contributed by atoms with E-state index in [2.05, 4.69) is 36.2 Å². The summed E-state index contributed by atoms with van der Waals surface area (Å²) in [6, 6.07) is 8.45. The van der Waals surface area contributed by atoms with Gasteiger partial charge in [-0.2, -0.15) is 0 Å². The SMILES string of the molecule is CN(C)c1ccc(C[NH+](C)CCCC(=O)[O-])cc1. The number of nitrogens with one attached hydrogen (secondary N) is 1. The number of aliphatic carboxylic acids is 1. The smallest absolute Gasteiger partial charge is 0.103 e. The predicted octanol–water partition coefficient (Wildman–Crippen LogP) is -0.703. The summed E-state index contributed by atoms with van der Waals surface area (Å²) < 4.78 is 0. The molecular formula is C14H22N2O2. The van der Waals surface area contributed by atoms with Gasteiger partial charge in [0.1, 0.15) is 6.54 Å². The molecular weight excluding hydrogens is 228 g/mol. The van der Waals surface area contributed by atoms with E-state index in [0.29, 0.717) is 6.42 Å².